The summed E-state index contributed by atoms with van der Waals surface area (Å²) in [5.41, 5.74) is -2.88. The van der Waals surface area contributed by atoms with Gasteiger partial charge in [-0.25, -0.2) is 22.5 Å². The molecule has 130 valence electrons. The van der Waals surface area contributed by atoms with Crippen LogP contribution in [0.2, 0.25) is 0 Å². The van der Waals surface area contributed by atoms with Crippen molar-refractivity contribution in [1.82, 2.24) is 4.98 Å². The van der Waals surface area contributed by atoms with E-state index in [1.165, 1.54) is 27.5 Å². The maximum absolute atomic E-state index is 13.7. The number of rotatable bonds is 3. The highest BCUT2D eigenvalue weighted by Gasteiger charge is 2.44. The van der Waals surface area contributed by atoms with Crippen molar-refractivity contribution >= 4 is 28.4 Å². The van der Waals surface area contributed by atoms with E-state index in [-0.39, 0.29) is 18.9 Å². The van der Waals surface area contributed by atoms with Gasteiger partial charge < -0.3 is 4.90 Å². The van der Waals surface area contributed by atoms with E-state index >= 15 is 0 Å². The maximum atomic E-state index is 13.7. The molecule has 2 nitrogen and oxygen atoms in total. The fourth-order valence-corrected chi connectivity index (χ4v) is 2.68. The molecule has 2 heterocycles. The molecule has 1 aliphatic rings. The number of pyridine rings is 1. The summed E-state index contributed by atoms with van der Waals surface area (Å²) in [6.07, 6.45) is -6.08. The zero-order chi connectivity index (χ0) is 17.5. The Morgan fingerprint density at radius 2 is 1.65 bits per heavy atom. The number of halogens is 8. The molecule has 1 aliphatic heterocycles. The summed E-state index contributed by atoms with van der Waals surface area (Å²) < 4.78 is 91.9. The summed E-state index contributed by atoms with van der Waals surface area (Å²) in [4.78, 5) is 4.55. The maximum Gasteiger partial charge on any atom is 0.433 e. The number of hydrogen-bond acceptors (Lipinski definition) is 2. The van der Waals surface area contributed by atoms with E-state index in [4.69, 9.17) is 0 Å². The Morgan fingerprint density at radius 3 is 2.13 bits per heavy atom. The fourth-order valence-electron chi connectivity index (χ4n) is 2.27. The normalized spacial score (nSPS) is 19.0. The van der Waals surface area contributed by atoms with Crippen molar-refractivity contribution in [2.75, 3.05) is 22.4 Å². The first kappa shape index (κ1) is 18.5. The van der Waals surface area contributed by atoms with Crippen molar-refractivity contribution in [3.05, 3.63) is 23.4 Å². The summed E-state index contributed by atoms with van der Waals surface area (Å²) in [6, 6.07) is 1.70. The van der Waals surface area contributed by atoms with Gasteiger partial charge in [-0.15, -0.1) is 0 Å². The van der Waals surface area contributed by atoms with Crippen molar-refractivity contribution < 1.29 is 30.7 Å². The van der Waals surface area contributed by atoms with Crippen LogP contribution in [-0.2, 0) is 12.1 Å². The zero-order valence-corrected chi connectivity index (χ0v) is 13.8. The van der Waals surface area contributed by atoms with Gasteiger partial charge >= 0.3 is 6.18 Å². The van der Waals surface area contributed by atoms with Crippen LogP contribution in [0.5, 0.6) is 0 Å². The second kappa shape index (κ2) is 6.25. The molecular formula is C13H12F7IN2. The second-order valence-corrected chi connectivity index (χ2v) is 6.01. The highest BCUT2D eigenvalue weighted by atomic mass is 127. The van der Waals surface area contributed by atoms with E-state index in [0.29, 0.717) is 6.07 Å². The Morgan fingerprint density at radius 1 is 1.09 bits per heavy atom. The van der Waals surface area contributed by atoms with Crippen LogP contribution in [0.1, 0.15) is 24.1 Å². The van der Waals surface area contributed by atoms with Crippen LogP contribution in [0.15, 0.2) is 12.1 Å². The van der Waals surface area contributed by atoms with Crippen molar-refractivity contribution in [2.24, 2.45) is 0 Å². The van der Waals surface area contributed by atoms with Crippen LogP contribution in [0.4, 0.5) is 36.6 Å². The second-order valence-electron chi connectivity index (χ2n) is 5.24. The SMILES string of the molecule is FC1(F)CCN(c2ccc(C(F)(F)CI)c(C(F)(F)F)n2)CC1. The quantitative estimate of drug-likeness (QED) is 0.367. The minimum Gasteiger partial charge on any atom is -0.356 e. The molecule has 1 aromatic rings. The van der Waals surface area contributed by atoms with Gasteiger partial charge in [0.15, 0.2) is 5.69 Å². The van der Waals surface area contributed by atoms with Gasteiger partial charge in [0.25, 0.3) is 11.8 Å². The molecule has 0 atom stereocenters. The number of hydrogen-bond donors (Lipinski definition) is 0. The van der Waals surface area contributed by atoms with E-state index in [1.807, 2.05) is 0 Å². The standard InChI is InChI=1S/C13H12F7IN2/c14-11(15)3-5-23(6-4-11)9-2-1-8(12(16,17)7-21)10(22-9)13(18,19)20/h1-2H,3-7H2. The van der Waals surface area contributed by atoms with E-state index in [1.54, 1.807) is 0 Å². The Kier molecular flexibility index (Phi) is 5.03. The number of anilines is 1. The monoisotopic (exact) mass is 456 g/mol. The van der Waals surface area contributed by atoms with Gasteiger partial charge in [-0.3, -0.25) is 0 Å². The Balaban J connectivity index is 2.38. The van der Waals surface area contributed by atoms with Gasteiger partial charge in [-0.2, -0.15) is 13.2 Å². The summed E-state index contributed by atoms with van der Waals surface area (Å²) in [7, 11) is 0. The zero-order valence-electron chi connectivity index (χ0n) is 11.6. The van der Waals surface area contributed by atoms with Crippen LogP contribution in [0, 0.1) is 0 Å². The molecule has 10 heteroatoms. The van der Waals surface area contributed by atoms with Crippen LogP contribution < -0.4 is 4.90 Å². The Hall–Kier alpha value is -0.810. The summed E-state index contributed by atoms with van der Waals surface area (Å²) >= 11 is 1.30. The van der Waals surface area contributed by atoms with E-state index < -0.39 is 46.5 Å². The predicted molar refractivity (Wildman–Crippen MR) is 78.4 cm³/mol. The molecule has 0 unspecified atom stereocenters. The molecule has 0 aromatic carbocycles. The van der Waals surface area contributed by atoms with Crippen molar-refractivity contribution in [3.63, 3.8) is 0 Å². The largest absolute Gasteiger partial charge is 0.433 e. The molecular weight excluding hydrogens is 444 g/mol. The Labute approximate surface area is 141 Å². The molecule has 0 bridgehead atoms. The molecule has 0 saturated carbocycles. The molecule has 2 rings (SSSR count). The molecule has 23 heavy (non-hydrogen) atoms. The van der Waals surface area contributed by atoms with E-state index in [0.717, 1.165) is 6.07 Å². The van der Waals surface area contributed by atoms with Crippen molar-refractivity contribution in [3.8, 4) is 0 Å². The molecule has 0 N–H and O–H groups in total. The van der Waals surface area contributed by atoms with Gasteiger partial charge in [0, 0.05) is 25.9 Å². The summed E-state index contributed by atoms with van der Waals surface area (Å²) in [6.45, 7) is -0.362. The highest BCUT2D eigenvalue weighted by molar-refractivity contribution is 14.1. The number of alkyl halides is 8. The van der Waals surface area contributed by atoms with Crippen LogP contribution >= 0.6 is 22.6 Å². The van der Waals surface area contributed by atoms with Crippen molar-refractivity contribution in [2.45, 2.75) is 30.9 Å². The third-order valence-electron chi connectivity index (χ3n) is 3.53. The van der Waals surface area contributed by atoms with Gasteiger partial charge in [0.2, 0.25) is 0 Å². The van der Waals surface area contributed by atoms with E-state index in [2.05, 4.69) is 4.98 Å². The van der Waals surface area contributed by atoms with Crippen molar-refractivity contribution in [1.29, 1.82) is 0 Å². The number of piperidine rings is 1. The van der Waals surface area contributed by atoms with Gasteiger partial charge in [-0.05, 0) is 12.1 Å². The Bertz CT molecular complexity index is 564. The molecule has 0 radical (unpaired) electrons. The van der Waals surface area contributed by atoms with Gasteiger partial charge in [-0.1, -0.05) is 22.6 Å². The van der Waals surface area contributed by atoms with Crippen LogP contribution in [0.25, 0.3) is 0 Å². The number of aromatic nitrogens is 1. The van der Waals surface area contributed by atoms with E-state index in [9.17, 15) is 30.7 Å². The number of nitrogens with zero attached hydrogens (tertiary/aromatic N) is 2. The molecule has 1 aromatic heterocycles. The predicted octanol–water partition coefficient (Wildman–Crippen LogP) is 4.86. The third kappa shape index (κ3) is 4.18. The average Bonchev–Trinajstić information content (AvgIpc) is 2.45. The lowest BCUT2D eigenvalue weighted by Gasteiger charge is -2.33. The first-order valence-electron chi connectivity index (χ1n) is 6.61. The summed E-state index contributed by atoms with van der Waals surface area (Å²) in [5.74, 6) is -6.76. The molecule has 1 saturated heterocycles. The fraction of sp³-hybridized carbons (Fsp3) is 0.615. The third-order valence-corrected chi connectivity index (χ3v) is 4.49. The first-order chi connectivity index (χ1) is 10.5. The van der Waals surface area contributed by atoms with Gasteiger partial charge in [0.05, 0.1) is 9.99 Å². The minimum absolute atomic E-state index is 0.181. The smallest absolute Gasteiger partial charge is 0.356 e. The minimum atomic E-state index is -5.06. The van der Waals surface area contributed by atoms with Crippen LogP contribution in [-0.4, -0.2) is 28.4 Å². The van der Waals surface area contributed by atoms with Gasteiger partial charge in [0.1, 0.15) is 5.82 Å². The lowest BCUT2D eigenvalue weighted by molar-refractivity contribution is -0.145. The first-order valence-corrected chi connectivity index (χ1v) is 8.14. The topological polar surface area (TPSA) is 16.1 Å². The lowest BCUT2D eigenvalue weighted by Crippen LogP contribution is -2.40. The lowest BCUT2D eigenvalue weighted by atomic mass is 10.1. The molecule has 0 spiro atoms. The molecule has 0 aliphatic carbocycles. The average molecular weight is 456 g/mol. The summed E-state index contributed by atoms with van der Waals surface area (Å²) in [5, 5.41) is 0. The molecule has 1 fully saturated rings. The molecule has 0 amide bonds. The highest BCUT2D eigenvalue weighted by Crippen LogP contribution is 2.40. The van der Waals surface area contributed by atoms with Crippen LogP contribution in [0.3, 0.4) is 0 Å².